The minimum absolute atomic E-state index is 0.0248. The fourth-order valence-electron chi connectivity index (χ4n) is 2.98. The average molecular weight is 520 g/mol. The Morgan fingerprint density at radius 2 is 1.58 bits per heavy atom. The maximum Gasteiger partial charge on any atom is 0.339 e. The van der Waals surface area contributed by atoms with Gasteiger partial charge in [0, 0.05) is 10.0 Å². The number of hydrogen-bond donors (Lipinski definition) is 0. The van der Waals surface area contributed by atoms with Crippen molar-refractivity contribution in [1.82, 2.24) is 4.90 Å². The van der Waals surface area contributed by atoms with E-state index in [1.54, 1.807) is 42.5 Å². The second-order valence-electron chi connectivity index (χ2n) is 6.92. The molecule has 1 aliphatic rings. The van der Waals surface area contributed by atoms with Crippen LogP contribution in [0.25, 0.3) is 6.08 Å². The number of amides is 2. The Morgan fingerprint density at radius 1 is 0.909 bits per heavy atom. The van der Waals surface area contributed by atoms with E-state index in [4.69, 9.17) is 27.4 Å². The zero-order valence-corrected chi connectivity index (χ0v) is 19.9. The van der Waals surface area contributed by atoms with E-state index >= 15 is 0 Å². The third-order valence-corrected chi connectivity index (χ3v) is 7.44. The Morgan fingerprint density at radius 3 is 2.24 bits per heavy atom. The van der Waals surface area contributed by atoms with Gasteiger partial charge in [-0.1, -0.05) is 53.5 Å². The van der Waals surface area contributed by atoms with Crippen LogP contribution in [0.3, 0.4) is 0 Å². The molecule has 1 saturated heterocycles. The molecule has 168 valence electrons. The topological polar surface area (TPSA) is 80.8 Å². The van der Waals surface area contributed by atoms with Gasteiger partial charge in [0.15, 0.2) is 0 Å². The van der Waals surface area contributed by atoms with Crippen LogP contribution in [0.5, 0.6) is 5.75 Å². The summed E-state index contributed by atoms with van der Waals surface area (Å²) in [6.07, 6.45) is 1.56. The Hall–Kier alpha value is -2.78. The molecule has 3 aromatic rings. The van der Waals surface area contributed by atoms with Crippen LogP contribution in [-0.4, -0.2) is 24.5 Å². The van der Waals surface area contributed by atoms with Gasteiger partial charge in [-0.25, -0.2) is 0 Å². The van der Waals surface area contributed by atoms with Crippen molar-refractivity contribution in [2.75, 3.05) is 0 Å². The van der Waals surface area contributed by atoms with Gasteiger partial charge in [-0.3, -0.25) is 14.5 Å². The highest BCUT2D eigenvalue weighted by Crippen LogP contribution is 2.34. The number of thioether (sulfide) groups is 1. The monoisotopic (exact) mass is 519 g/mol. The van der Waals surface area contributed by atoms with E-state index in [0.29, 0.717) is 21.2 Å². The first-order valence-electron chi connectivity index (χ1n) is 9.52. The van der Waals surface area contributed by atoms with Crippen LogP contribution < -0.4 is 4.18 Å². The van der Waals surface area contributed by atoms with Gasteiger partial charge in [0.05, 0.1) is 11.4 Å². The van der Waals surface area contributed by atoms with Gasteiger partial charge >= 0.3 is 10.1 Å². The highest BCUT2D eigenvalue weighted by atomic mass is 35.5. The summed E-state index contributed by atoms with van der Waals surface area (Å²) < 4.78 is 29.9. The molecule has 6 nitrogen and oxygen atoms in total. The standard InChI is InChI=1S/C23H15Cl2NO5S2/c24-17-7-11-19(12-8-17)33(29,30)31-18-9-5-15(6-10-18)13-21-22(27)26(23(28)32-21)14-16-3-1-2-4-20(16)25/h1-13H,14H2/b21-13-. The third-order valence-electron chi connectivity index (χ3n) is 4.65. The lowest BCUT2D eigenvalue weighted by atomic mass is 10.2. The molecule has 0 aliphatic carbocycles. The van der Waals surface area contributed by atoms with Gasteiger partial charge in [-0.15, -0.1) is 0 Å². The van der Waals surface area contributed by atoms with E-state index in [1.807, 2.05) is 0 Å². The summed E-state index contributed by atoms with van der Waals surface area (Å²) in [7, 11) is -4.02. The number of imide groups is 1. The zero-order chi connectivity index (χ0) is 23.6. The van der Waals surface area contributed by atoms with Gasteiger partial charge in [-0.05, 0) is 71.4 Å². The van der Waals surface area contributed by atoms with E-state index in [1.165, 1.54) is 36.4 Å². The molecule has 0 spiro atoms. The maximum absolute atomic E-state index is 12.7. The molecule has 1 fully saturated rings. The molecule has 0 radical (unpaired) electrons. The first-order valence-corrected chi connectivity index (χ1v) is 12.5. The van der Waals surface area contributed by atoms with Crippen molar-refractivity contribution < 1.29 is 22.2 Å². The summed E-state index contributed by atoms with van der Waals surface area (Å²) in [5.41, 5.74) is 1.28. The second-order valence-corrected chi connectivity index (χ2v) is 10.3. The molecule has 33 heavy (non-hydrogen) atoms. The molecular weight excluding hydrogens is 505 g/mol. The van der Waals surface area contributed by atoms with Crippen molar-refractivity contribution >= 4 is 62.3 Å². The minimum Gasteiger partial charge on any atom is -0.379 e. The first kappa shape index (κ1) is 23.4. The van der Waals surface area contributed by atoms with E-state index in [9.17, 15) is 18.0 Å². The number of halogens is 2. The predicted molar refractivity (Wildman–Crippen MR) is 129 cm³/mol. The molecule has 0 aromatic heterocycles. The highest BCUT2D eigenvalue weighted by Gasteiger charge is 2.35. The molecule has 0 atom stereocenters. The summed E-state index contributed by atoms with van der Waals surface area (Å²) in [5, 5.41) is 0.499. The van der Waals surface area contributed by atoms with E-state index < -0.39 is 16.0 Å². The summed E-state index contributed by atoms with van der Waals surface area (Å²) in [6.45, 7) is 0.0804. The van der Waals surface area contributed by atoms with Gasteiger partial charge in [-0.2, -0.15) is 8.42 Å². The first-order chi connectivity index (χ1) is 15.7. The van der Waals surface area contributed by atoms with Crippen molar-refractivity contribution in [3.63, 3.8) is 0 Å². The van der Waals surface area contributed by atoms with E-state index in [-0.39, 0.29) is 27.3 Å². The molecule has 2 amide bonds. The number of hydrogen-bond acceptors (Lipinski definition) is 6. The summed E-state index contributed by atoms with van der Waals surface area (Å²) in [6, 6.07) is 18.7. The number of nitrogens with zero attached hydrogens (tertiary/aromatic N) is 1. The fraction of sp³-hybridized carbons (Fsp3) is 0.0435. The van der Waals surface area contributed by atoms with Crippen LogP contribution in [-0.2, 0) is 21.5 Å². The minimum atomic E-state index is -4.02. The predicted octanol–water partition coefficient (Wildman–Crippen LogP) is 6.00. The lowest BCUT2D eigenvalue weighted by molar-refractivity contribution is -0.123. The molecule has 10 heteroatoms. The number of rotatable bonds is 6. The lowest BCUT2D eigenvalue weighted by Crippen LogP contribution is -2.27. The van der Waals surface area contributed by atoms with Crippen LogP contribution in [0.1, 0.15) is 11.1 Å². The van der Waals surface area contributed by atoms with Crippen LogP contribution >= 0.6 is 35.0 Å². The quantitative estimate of drug-likeness (QED) is 0.293. The Kier molecular flexibility index (Phi) is 6.81. The van der Waals surface area contributed by atoms with Crippen LogP contribution in [0.4, 0.5) is 4.79 Å². The van der Waals surface area contributed by atoms with Crippen molar-refractivity contribution in [1.29, 1.82) is 0 Å². The van der Waals surface area contributed by atoms with Crippen LogP contribution in [0, 0.1) is 0 Å². The van der Waals surface area contributed by atoms with E-state index in [0.717, 1.165) is 16.7 Å². The maximum atomic E-state index is 12.7. The molecule has 3 aromatic carbocycles. The number of carbonyl (C=O) groups excluding carboxylic acids is 2. The van der Waals surface area contributed by atoms with Crippen molar-refractivity contribution in [3.8, 4) is 5.75 Å². The summed E-state index contributed by atoms with van der Waals surface area (Å²) >= 11 is 12.8. The molecule has 0 bridgehead atoms. The molecule has 0 unspecified atom stereocenters. The molecule has 0 N–H and O–H groups in total. The SMILES string of the molecule is O=C1S/C(=C\c2ccc(OS(=O)(=O)c3ccc(Cl)cc3)cc2)C(=O)N1Cc1ccccc1Cl. The lowest BCUT2D eigenvalue weighted by Gasteiger charge is -2.13. The van der Waals surface area contributed by atoms with Crippen molar-refractivity contribution in [2.24, 2.45) is 0 Å². The van der Waals surface area contributed by atoms with Crippen LogP contribution in [0.2, 0.25) is 10.0 Å². The van der Waals surface area contributed by atoms with Gasteiger partial charge in [0.1, 0.15) is 10.6 Å². The fourth-order valence-corrected chi connectivity index (χ4v) is 5.07. The van der Waals surface area contributed by atoms with Gasteiger partial charge < -0.3 is 4.18 Å². The molecule has 4 rings (SSSR count). The normalized spacial score (nSPS) is 15.3. The second kappa shape index (κ2) is 9.61. The van der Waals surface area contributed by atoms with Crippen molar-refractivity contribution in [2.45, 2.75) is 11.4 Å². The molecule has 1 heterocycles. The van der Waals surface area contributed by atoms with Gasteiger partial charge in [0.2, 0.25) is 0 Å². The molecular formula is C23H15Cl2NO5S2. The Bertz CT molecular complexity index is 1350. The average Bonchev–Trinajstić information content (AvgIpc) is 3.04. The van der Waals surface area contributed by atoms with Crippen LogP contribution in [0.15, 0.2) is 82.6 Å². The summed E-state index contributed by atoms with van der Waals surface area (Å²) in [4.78, 5) is 26.5. The number of benzene rings is 3. The van der Waals surface area contributed by atoms with Gasteiger partial charge in [0.25, 0.3) is 11.1 Å². The zero-order valence-electron chi connectivity index (χ0n) is 16.8. The largest absolute Gasteiger partial charge is 0.379 e. The van der Waals surface area contributed by atoms with E-state index in [2.05, 4.69) is 0 Å². The molecule has 1 aliphatic heterocycles. The highest BCUT2D eigenvalue weighted by molar-refractivity contribution is 8.18. The smallest absolute Gasteiger partial charge is 0.339 e. The van der Waals surface area contributed by atoms with Crippen molar-refractivity contribution in [3.05, 3.63) is 98.9 Å². The summed E-state index contributed by atoms with van der Waals surface area (Å²) in [5.74, 6) is -0.315. The number of carbonyl (C=O) groups is 2. The molecule has 0 saturated carbocycles. The third kappa shape index (κ3) is 5.42. The Labute approximate surface area is 204 Å². The Balaban J connectivity index is 1.47.